The Kier molecular flexibility index (Phi) is 2.86. The molecule has 0 saturated heterocycles. The summed E-state index contributed by atoms with van der Waals surface area (Å²) in [6, 6.07) is 0. The first-order chi connectivity index (χ1) is 6.97. The topological polar surface area (TPSA) is 33.1 Å². The molecule has 0 bridgehead atoms. The highest BCUT2D eigenvalue weighted by Gasteiger charge is 2.27. The number of nitrogens with zero attached hydrogens (tertiary/aromatic N) is 1. The molecule has 0 radical (unpaired) electrons. The van der Waals surface area contributed by atoms with E-state index in [1.54, 1.807) is 11.3 Å². The van der Waals surface area contributed by atoms with Crippen molar-refractivity contribution in [3.8, 4) is 0 Å². The van der Waals surface area contributed by atoms with Gasteiger partial charge >= 0.3 is 0 Å². The van der Waals surface area contributed by atoms with Gasteiger partial charge in [0.2, 0.25) is 0 Å². The normalized spacial score (nSPS) is 19.2. The van der Waals surface area contributed by atoms with Crippen LogP contribution in [0.1, 0.15) is 56.8 Å². The van der Waals surface area contributed by atoms with Gasteiger partial charge in [-0.1, -0.05) is 33.6 Å². The van der Waals surface area contributed by atoms with E-state index in [0.717, 1.165) is 23.0 Å². The van der Waals surface area contributed by atoms with Gasteiger partial charge in [-0.15, -0.1) is 11.3 Å². The van der Waals surface area contributed by atoms with Gasteiger partial charge in [0.15, 0.2) is 0 Å². The van der Waals surface area contributed by atoms with E-state index >= 15 is 0 Å². The maximum atomic E-state index is 9.95. The number of hydrogen-bond acceptors (Lipinski definition) is 3. The molecular formula is C12H19NOS. The molecule has 1 unspecified atom stereocenters. The quantitative estimate of drug-likeness (QED) is 0.856. The first-order valence-electron chi connectivity index (χ1n) is 5.61. The first-order valence-corrected chi connectivity index (χ1v) is 6.49. The third kappa shape index (κ3) is 2.79. The summed E-state index contributed by atoms with van der Waals surface area (Å²) in [5.41, 5.74) is 0.971. The Morgan fingerprint density at radius 1 is 1.53 bits per heavy atom. The average Bonchev–Trinajstić information content (AvgIpc) is 2.80. The third-order valence-corrected chi connectivity index (χ3v) is 4.04. The zero-order valence-electron chi connectivity index (χ0n) is 9.66. The van der Waals surface area contributed by atoms with Crippen LogP contribution >= 0.6 is 11.3 Å². The van der Waals surface area contributed by atoms with Crippen LogP contribution in [0, 0.1) is 5.92 Å². The molecule has 1 saturated carbocycles. The highest BCUT2D eigenvalue weighted by molar-refractivity contribution is 7.09. The summed E-state index contributed by atoms with van der Waals surface area (Å²) >= 11 is 1.66. The van der Waals surface area contributed by atoms with Crippen molar-refractivity contribution in [3.63, 3.8) is 0 Å². The average molecular weight is 225 g/mol. The smallest absolute Gasteiger partial charge is 0.0983 e. The lowest BCUT2D eigenvalue weighted by atomic mass is 9.98. The van der Waals surface area contributed by atoms with Gasteiger partial charge < -0.3 is 5.11 Å². The summed E-state index contributed by atoms with van der Waals surface area (Å²) in [5, 5.41) is 13.1. The molecule has 2 rings (SSSR count). The van der Waals surface area contributed by atoms with Crippen molar-refractivity contribution in [2.24, 2.45) is 5.92 Å². The van der Waals surface area contributed by atoms with Gasteiger partial charge in [-0.05, 0) is 12.3 Å². The summed E-state index contributed by atoms with van der Waals surface area (Å²) in [7, 11) is 0. The van der Waals surface area contributed by atoms with E-state index in [-0.39, 0.29) is 11.5 Å². The second kappa shape index (κ2) is 3.87. The van der Waals surface area contributed by atoms with E-state index < -0.39 is 0 Å². The van der Waals surface area contributed by atoms with Crippen LogP contribution in [0.2, 0.25) is 0 Å². The van der Waals surface area contributed by atoms with Gasteiger partial charge in [0.1, 0.15) is 0 Å². The van der Waals surface area contributed by atoms with Gasteiger partial charge in [0, 0.05) is 10.8 Å². The number of thiazole rings is 1. The molecule has 0 amide bonds. The fourth-order valence-electron chi connectivity index (χ4n) is 1.57. The van der Waals surface area contributed by atoms with E-state index in [2.05, 4.69) is 25.8 Å². The summed E-state index contributed by atoms with van der Waals surface area (Å²) in [6.45, 7) is 6.47. The van der Waals surface area contributed by atoms with Crippen LogP contribution in [0.4, 0.5) is 0 Å². The standard InChI is InChI=1S/C12H19NOS/c1-12(2,3)11-13-9(7-15-11)10(14)6-8-4-5-8/h7-8,10,14H,4-6H2,1-3H3. The Hall–Kier alpha value is -0.410. The maximum absolute atomic E-state index is 9.95. The van der Waals surface area contributed by atoms with E-state index in [1.165, 1.54) is 12.8 Å². The van der Waals surface area contributed by atoms with Crippen LogP contribution in [0.3, 0.4) is 0 Å². The lowest BCUT2D eigenvalue weighted by Crippen LogP contribution is -2.11. The minimum absolute atomic E-state index is 0.0994. The molecule has 0 aliphatic heterocycles. The third-order valence-electron chi connectivity index (χ3n) is 2.76. The number of aliphatic hydroxyl groups is 1. The van der Waals surface area contributed by atoms with Crippen LogP contribution in [0.25, 0.3) is 0 Å². The molecule has 1 N–H and O–H groups in total. The molecular weight excluding hydrogens is 206 g/mol. The second-order valence-corrected chi connectivity index (χ2v) is 6.38. The number of hydrogen-bond donors (Lipinski definition) is 1. The Morgan fingerprint density at radius 2 is 2.20 bits per heavy atom. The lowest BCUT2D eigenvalue weighted by Gasteiger charge is -2.14. The van der Waals surface area contributed by atoms with Gasteiger partial charge in [-0.3, -0.25) is 0 Å². The predicted molar refractivity (Wildman–Crippen MR) is 63.1 cm³/mol. The first kappa shape index (κ1) is 11.1. The molecule has 1 heterocycles. The molecule has 1 atom stereocenters. The van der Waals surface area contributed by atoms with Crippen LogP contribution < -0.4 is 0 Å². The molecule has 1 aromatic rings. The molecule has 0 aromatic carbocycles. The second-order valence-electron chi connectivity index (χ2n) is 5.52. The molecule has 0 spiro atoms. The van der Waals surface area contributed by atoms with Crippen molar-refractivity contribution < 1.29 is 5.11 Å². The van der Waals surface area contributed by atoms with Crippen molar-refractivity contribution in [2.45, 2.75) is 51.6 Å². The molecule has 3 heteroatoms. The summed E-state index contributed by atoms with van der Waals surface area (Å²) in [5.74, 6) is 0.750. The van der Waals surface area contributed by atoms with E-state index in [9.17, 15) is 5.11 Å². The molecule has 1 aliphatic carbocycles. The molecule has 1 aromatic heterocycles. The van der Waals surface area contributed by atoms with Crippen molar-refractivity contribution in [1.29, 1.82) is 0 Å². The van der Waals surface area contributed by atoms with E-state index in [4.69, 9.17) is 0 Å². The summed E-state index contributed by atoms with van der Waals surface area (Å²) in [6.07, 6.45) is 3.12. The molecule has 1 aliphatic rings. The highest BCUT2D eigenvalue weighted by atomic mass is 32.1. The summed E-state index contributed by atoms with van der Waals surface area (Å²) < 4.78 is 0. The van der Waals surface area contributed by atoms with Gasteiger partial charge in [-0.2, -0.15) is 0 Å². The zero-order valence-corrected chi connectivity index (χ0v) is 10.5. The number of rotatable bonds is 3. The van der Waals surface area contributed by atoms with E-state index in [1.807, 2.05) is 5.38 Å². The van der Waals surface area contributed by atoms with Crippen LogP contribution in [0.15, 0.2) is 5.38 Å². The number of aromatic nitrogens is 1. The molecule has 84 valence electrons. The SMILES string of the molecule is CC(C)(C)c1nc(C(O)CC2CC2)cs1. The van der Waals surface area contributed by atoms with Crippen molar-refractivity contribution >= 4 is 11.3 Å². The minimum Gasteiger partial charge on any atom is -0.387 e. The van der Waals surface area contributed by atoms with Crippen molar-refractivity contribution in [1.82, 2.24) is 4.98 Å². The zero-order chi connectivity index (χ0) is 11.1. The van der Waals surface area contributed by atoms with E-state index in [0.29, 0.717) is 0 Å². The van der Waals surface area contributed by atoms with Crippen LogP contribution in [-0.4, -0.2) is 10.1 Å². The Labute approximate surface area is 95.4 Å². The minimum atomic E-state index is -0.343. The fraction of sp³-hybridized carbons (Fsp3) is 0.750. The number of aliphatic hydroxyl groups excluding tert-OH is 1. The Morgan fingerprint density at radius 3 is 2.67 bits per heavy atom. The highest BCUT2D eigenvalue weighted by Crippen LogP contribution is 2.38. The molecule has 2 nitrogen and oxygen atoms in total. The van der Waals surface area contributed by atoms with Crippen LogP contribution in [-0.2, 0) is 5.41 Å². The van der Waals surface area contributed by atoms with Gasteiger partial charge in [0.25, 0.3) is 0 Å². The predicted octanol–water partition coefficient (Wildman–Crippen LogP) is 3.27. The monoisotopic (exact) mass is 225 g/mol. The van der Waals surface area contributed by atoms with Gasteiger partial charge in [0.05, 0.1) is 16.8 Å². The van der Waals surface area contributed by atoms with Gasteiger partial charge in [-0.25, -0.2) is 4.98 Å². The largest absolute Gasteiger partial charge is 0.387 e. The Balaban J connectivity index is 2.05. The fourth-order valence-corrected chi connectivity index (χ4v) is 2.53. The van der Waals surface area contributed by atoms with Crippen molar-refractivity contribution in [2.75, 3.05) is 0 Å². The van der Waals surface area contributed by atoms with Crippen molar-refractivity contribution in [3.05, 3.63) is 16.1 Å². The molecule has 15 heavy (non-hydrogen) atoms. The molecule has 1 fully saturated rings. The summed E-state index contributed by atoms with van der Waals surface area (Å²) in [4.78, 5) is 4.53. The maximum Gasteiger partial charge on any atom is 0.0983 e. The lowest BCUT2D eigenvalue weighted by molar-refractivity contribution is 0.156. The van der Waals surface area contributed by atoms with Crippen LogP contribution in [0.5, 0.6) is 0 Å². The Bertz CT molecular complexity index is 336.